The van der Waals surface area contributed by atoms with Crippen LogP contribution in [0.25, 0.3) is 22.0 Å². The van der Waals surface area contributed by atoms with E-state index < -0.39 is 0 Å². The number of hydrogen-bond acceptors (Lipinski definition) is 7. The minimum absolute atomic E-state index is 0.241. The maximum Gasteiger partial charge on any atom is 0.257 e. The lowest BCUT2D eigenvalue weighted by molar-refractivity contribution is 0.102. The Bertz CT molecular complexity index is 1270. The highest BCUT2D eigenvalue weighted by Gasteiger charge is 2.21. The summed E-state index contributed by atoms with van der Waals surface area (Å²) in [7, 11) is 4.00. The van der Waals surface area contributed by atoms with Gasteiger partial charge in [0, 0.05) is 62.3 Å². The second-order valence-corrected chi connectivity index (χ2v) is 7.89. The van der Waals surface area contributed by atoms with Gasteiger partial charge >= 0.3 is 0 Å². The Hall–Kier alpha value is -3.43. The summed E-state index contributed by atoms with van der Waals surface area (Å²) in [5, 5.41) is 17.7. The number of aliphatic hydroxyl groups excluding tert-OH is 1. The summed E-state index contributed by atoms with van der Waals surface area (Å²) < 4.78 is 7.22. The van der Waals surface area contributed by atoms with Gasteiger partial charge in [-0.15, -0.1) is 0 Å². The standard InChI is InChI=1S/C22H24N6O3/c1-26-7-9-28(10-8-26)18-6-4-15(21-16(18)12-27(2)25-21)22(30)23-14-3-5-17-19(11-14)31-20(13-29)24-17/h3-6,11-12,29H,7-10,13H2,1-2H3,(H,23,30). The van der Waals surface area contributed by atoms with Crippen LogP contribution in [0.1, 0.15) is 16.2 Å². The van der Waals surface area contributed by atoms with Gasteiger partial charge in [-0.05, 0) is 31.3 Å². The van der Waals surface area contributed by atoms with Crippen molar-refractivity contribution in [3.8, 4) is 0 Å². The number of nitrogens with zero attached hydrogens (tertiary/aromatic N) is 5. The van der Waals surface area contributed by atoms with Gasteiger partial charge in [-0.1, -0.05) is 0 Å². The summed E-state index contributed by atoms with van der Waals surface area (Å²) >= 11 is 0. The Labute approximate surface area is 178 Å². The van der Waals surface area contributed by atoms with Gasteiger partial charge in [0.15, 0.2) is 5.58 Å². The highest BCUT2D eigenvalue weighted by molar-refractivity contribution is 6.14. The van der Waals surface area contributed by atoms with Gasteiger partial charge in [-0.3, -0.25) is 9.48 Å². The molecule has 1 aliphatic rings. The molecular formula is C22H24N6O3. The van der Waals surface area contributed by atoms with Crippen LogP contribution in [0.4, 0.5) is 11.4 Å². The summed E-state index contributed by atoms with van der Waals surface area (Å²) in [6, 6.07) is 9.07. The Morgan fingerprint density at radius 3 is 2.74 bits per heavy atom. The van der Waals surface area contributed by atoms with Crippen LogP contribution >= 0.6 is 0 Å². The van der Waals surface area contributed by atoms with Crippen LogP contribution in [0.5, 0.6) is 0 Å². The molecule has 0 atom stereocenters. The first-order valence-corrected chi connectivity index (χ1v) is 10.2. The molecule has 0 spiro atoms. The fourth-order valence-corrected chi connectivity index (χ4v) is 4.03. The summed E-state index contributed by atoms with van der Waals surface area (Å²) in [5.74, 6) is 0.00282. The van der Waals surface area contributed by atoms with Crippen molar-refractivity contribution in [3.63, 3.8) is 0 Å². The van der Waals surface area contributed by atoms with E-state index >= 15 is 0 Å². The normalized spacial score (nSPS) is 15.1. The minimum Gasteiger partial charge on any atom is -0.438 e. The Kier molecular flexibility index (Phi) is 4.84. The van der Waals surface area contributed by atoms with Crippen molar-refractivity contribution in [2.24, 2.45) is 7.05 Å². The molecule has 3 heterocycles. The van der Waals surface area contributed by atoms with Crippen molar-refractivity contribution >= 4 is 39.3 Å². The molecule has 1 amide bonds. The number of hydrogen-bond donors (Lipinski definition) is 2. The number of anilines is 2. The largest absolute Gasteiger partial charge is 0.438 e. The molecule has 1 aliphatic heterocycles. The molecule has 2 aromatic heterocycles. The monoisotopic (exact) mass is 420 g/mol. The molecule has 0 bridgehead atoms. The lowest BCUT2D eigenvalue weighted by Crippen LogP contribution is -2.44. The van der Waals surface area contributed by atoms with E-state index in [2.05, 4.69) is 32.2 Å². The molecule has 5 rings (SSSR count). The molecule has 0 unspecified atom stereocenters. The van der Waals surface area contributed by atoms with E-state index in [9.17, 15) is 9.90 Å². The fourth-order valence-electron chi connectivity index (χ4n) is 4.03. The molecule has 2 aromatic carbocycles. The molecule has 1 saturated heterocycles. The minimum atomic E-state index is -0.270. The van der Waals surface area contributed by atoms with Crippen LogP contribution in [0.2, 0.25) is 0 Å². The zero-order chi connectivity index (χ0) is 21.5. The Balaban J connectivity index is 1.46. The van der Waals surface area contributed by atoms with E-state index in [1.54, 1.807) is 22.9 Å². The van der Waals surface area contributed by atoms with Gasteiger partial charge in [-0.2, -0.15) is 5.10 Å². The van der Waals surface area contributed by atoms with Crippen molar-refractivity contribution in [3.05, 3.63) is 48.0 Å². The van der Waals surface area contributed by atoms with E-state index in [0.29, 0.717) is 27.9 Å². The summed E-state index contributed by atoms with van der Waals surface area (Å²) in [6.07, 6.45) is 1.97. The van der Waals surface area contributed by atoms with Gasteiger partial charge in [0.25, 0.3) is 5.91 Å². The van der Waals surface area contributed by atoms with Gasteiger partial charge in [0.1, 0.15) is 17.6 Å². The maximum absolute atomic E-state index is 13.1. The predicted molar refractivity (Wildman–Crippen MR) is 118 cm³/mol. The van der Waals surface area contributed by atoms with Crippen LogP contribution in [0, 0.1) is 0 Å². The number of rotatable bonds is 4. The number of aliphatic hydroxyl groups is 1. The van der Waals surface area contributed by atoms with Crippen molar-refractivity contribution in [1.82, 2.24) is 19.7 Å². The molecule has 4 aromatic rings. The number of oxazole rings is 1. The van der Waals surface area contributed by atoms with Crippen LogP contribution < -0.4 is 10.2 Å². The molecule has 0 aliphatic carbocycles. The zero-order valence-corrected chi connectivity index (χ0v) is 17.5. The molecule has 0 radical (unpaired) electrons. The van der Waals surface area contributed by atoms with E-state index in [-0.39, 0.29) is 18.4 Å². The SMILES string of the molecule is CN1CCN(c2ccc(C(=O)Nc3ccc4nc(CO)oc4c3)c3nn(C)cc23)CC1. The van der Waals surface area contributed by atoms with Crippen LogP contribution in [-0.4, -0.2) is 63.9 Å². The molecule has 1 fully saturated rings. The lowest BCUT2D eigenvalue weighted by Gasteiger charge is -2.34. The first-order chi connectivity index (χ1) is 15.0. The van der Waals surface area contributed by atoms with Gasteiger partial charge in [-0.25, -0.2) is 4.98 Å². The molecule has 0 saturated carbocycles. The number of carbonyl (C=O) groups excluding carboxylic acids is 1. The smallest absolute Gasteiger partial charge is 0.257 e. The lowest BCUT2D eigenvalue weighted by atomic mass is 10.1. The van der Waals surface area contributed by atoms with Crippen LogP contribution in [0.15, 0.2) is 40.9 Å². The third-order valence-corrected chi connectivity index (χ3v) is 5.68. The van der Waals surface area contributed by atoms with E-state index in [0.717, 1.165) is 37.3 Å². The van der Waals surface area contributed by atoms with Crippen LogP contribution in [-0.2, 0) is 13.7 Å². The maximum atomic E-state index is 13.1. The predicted octanol–water partition coefficient (Wildman–Crippen LogP) is 2.21. The van der Waals surface area contributed by atoms with E-state index in [4.69, 9.17) is 4.42 Å². The average Bonchev–Trinajstić information content (AvgIpc) is 3.35. The third-order valence-electron chi connectivity index (χ3n) is 5.68. The van der Waals surface area contributed by atoms with Gasteiger partial charge in [0.05, 0.1) is 5.56 Å². The molecular weight excluding hydrogens is 396 g/mol. The molecule has 2 N–H and O–H groups in total. The highest BCUT2D eigenvalue weighted by Crippen LogP contribution is 2.30. The Morgan fingerprint density at radius 2 is 1.97 bits per heavy atom. The van der Waals surface area contributed by atoms with E-state index in [1.165, 1.54) is 0 Å². The fraction of sp³-hybridized carbons (Fsp3) is 0.318. The topological polar surface area (TPSA) is 99.7 Å². The second kappa shape index (κ2) is 7.68. The number of benzene rings is 2. The first kappa shape index (κ1) is 19.5. The molecule has 9 heteroatoms. The van der Waals surface area contributed by atoms with E-state index in [1.807, 2.05) is 25.4 Å². The quantitative estimate of drug-likeness (QED) is 0.522. The number of likely N-dealkylation sites (N-methyl/N-ethyl adjacent to an activating group) is 1. The molecule has 31 heavy (non-hydrogen) atoms. The van der Waals surface area contributed by atoms with Crippen LogP contribution in [0.3, 0.4) is 0 Å². The number of fused-ring (bicyclic) bond motifs is 2. The number of amides is 1. The average molecular weight is 420 g/mol. The number of aryl methyl sites for hydroxylation is 1. The summed E-state index contributed by atoms with van der Waals surface area (Å²) in [5.41, 5.74) is 4.03. The second-order valence-electron chi connectivity index (χ2n) is 7.89. The Morgan fingerprint density at radius 1 is 1.16 bits per heavy atom. The summed E-state index contributed by atoms with van der Waals surface area (Å²) in [6.45, 7) is 3.63. The number of nitrogens with one attached hydrogen (secondary N) is 1. The number of aromatic nitrogens is 3. The molecule has 160 valence electrons. The van der Waals surface area contributed by atoms with Crippen molar-refractivity contribution in [2.75, 3.05) is 43.4 Å². The summed E-state index contributed by atoms with van der Waals surface area (Å²) in [4.78, 5) is 21.9. The van der Waals surface area contributed by atoms with Crippen molar-refractivity contribution in [2.45, 2.75) is 6.61 Å². The van der Waals surface area contributed by atoms with Crippen molar-refractivity contribution < 1.29 is 14.3 Å². The van der Waals surface area contributed by atoms with Gasteiger partial charge in [0.2, 0.25) is 5.89 Å². The van der Waals surface area contributed by atoms with Gasteiger partial charge < -0.3 is 24.6 Å². The third kappa shape index (κ3) is 3.62. The highest BCUT2D eigenvalue weighted by atomic mass is 16.4. The number of piperazine rings is 1. The number of carbonyl (C=O) groups is 1. The zero-order valence-electron chi connectivity index (χ0n) is 17.5. The first-order valence-electron chi connectivity index (χ1n) is 10.2. The van der Waals surface area contributed by atoms with Crippen molar-refractivity contribution in [1.29, 1.82) is 0 Å². The molecule has 9 nitrogen and oxygen atoms in total.